The summed E-state index contributed by atoms with van der Waals surface area (Å²) in [6.07, 6.45) is 0.924. The number of carbonyl (C=O) groups is 3. The molecule has 0 spiro atoms. The molecule has 18 heavy (non-hydrogen) atoms. The summed E-state index contributed by atoms with van der Waals surface area (Å²) >= 11 is 0. The molecular formula is C11H20N4O3. The molecule has 1 aliphatic heterocycles. The van der Waals surface area contributed by atoms with Crippen LogP contribution in [0.25, 0.3) is 0 Å². The van der Waals surface area contributed by atoms with Gasteiger partial charge in [-0.1, -0.05) is 6.92 Å². The van der Waals surface area contributed by atoms with Gasteiger partial charge in [0.1, 0.15) is 0 Å². The number of nitrogens with zero attached hydrogens (tertiary/aromatic N) is 1. The van der Waals surface area contributed by atoms with E-state index in [-0.39, 0.29) is 24.3 Å². The van der Waals surface area contributed by atoms with Crippen molar-refractivity contribution in [2.45, 2.75) is 38.8 Å². The van der Waals surface area contributed by atoms with Gasteiger partial charge in [0.2, 0.25) is 11.8 Å². The van der Waals surface area contributed by atoms with Crippen LogP contribution in [0, 0.1) is 0 Å². The Bertz CT molecular complexity index is 345. The number of nitrogens with one attached hydrogen (secondary N) is 2. The molecule has 4 N–H and O–H groups in total. The van der Waals surface area contributed by atoms with Gasteiger partial charge in [-0.3, -0.25) is 14.5 Å². The van der Waals surface area contributed by atoms with Crippen molar-refractivity contribution in [1.82, 2.24) is 15.5 Å². The maximum Gasteiger partial charge on any atom is 0.312 e. The lowest BCUT2D eigenvalue weighted by molar-refractivity contribution is -0.141. The number of urea groups is 1. The van der Waals surface area contributed by atoms with Crippen LogP contribution in [0.2, 0.25) is 0 Å². The summed E-state index contributed by atoms with van der Waals surface area (Å²) in [5, 5.41) is 5.35. The summed E-state index contributed by atoms with van der Waals surface area (Å²) in [5.74, 6) is -0.330. The minimum Gasteiger partial charge on any atom is -0.352 e. The van der Waals surface area contributed by atoms with Crippen LogP contribution in [-0.2, 0) is 9.59 Å². The lowest BCUT2D eigenvalue weighted by atomic mass is 10.2. The zero-order chi connectivity index (χ0) is 13.7. The minimum absolute atomic E-state index is 0.0689. The lowest BCUT2D eigenvalue weighted by Crippen LogP contribution is -2.44. The number of primary amides is 1. The average Bonchev–Trinajstić information content (AvgIpc) is 2.59. The molecule has 7 heteroatoms. The lowest BCUT2D eigenvalue weighted by Gasteiger charge is -2.21. The Hall–Kier alpha value is -1.63. The Morgan fingerprint density at radius 1 is 1.50 bits per heavy atom. The molecule has 0 aromatic heterocycles. The number of carbonyl (C=O) groups excluding carboxylic acids is 3. The molecule has 1 heterocycles. The van der Waals surface area contributed by atoms with Gasteiger partial charge >= 0.3 is 6.03 Å². The van der Waals surface area contributed by atoms with E-state index in [2.05, 4.69) is 10.6 Å². The maximum atomic E-state index is 12.0. The molecule has 0 aromatic carbocycles. The van der Waals surface area contributed by atoms with Crippen LogP contribution < -0.4 is 16.4 Å². The van der Waals surface area contributed by atoms with Gasteiger partial charge in [-0.25, -0.2) is 4.79 Å². The molecule has 4 amide bonds. The van der Waals surface area contributed by atoms with Gasteiger partial charge < -0.3 is 16.4 Å². The van der Waals surface area contributed by atoms with Crippen LogP contribution in [0.3, 0.4) is 0 Å². The first-order chi connectivity index (χ1) is 8.47. The molecule has 1 saturated heterocycles. The molecule has 0 bridgehead atoms. The highest BCUT2D eigenvalue weighted by molar-refractivity contribution is 6.05. The molecular weight excluding hydrogens is 236 g/mol. The standard InChI is InChI=1S/C11H20N4O3/c1-3-7(2)15-9(16)6-8(10(15)17)13-4-5-14-11(12)18/h7-8,13H,3-6H2,1-2H3,(H3,12,14,18). The Morgan fingerprint density at radius 2 is 2.17 bits per heavy atom. The molecule has 0 aromatic rings. The Kier molecular flexibility index (Phi) is 5.08. The van der Waals surface area contributed by atoms with E-state index in [0.29, 0.717) is 13.1 Å². The van der Waals surface area contributed by atoms with E-state index in [1.54, 1.807) is 0 Å². The van der Waals surface area contributed by atoms with E-state index in [1.807, 2.05) is 13.8 Å². The predicted octanol–water partition coefficient (Wildman–Crippen LogP) is -0.830. The summed E-state index contributed by atoms with van der Waals surface area (Å²) < 4.78 is 0. The Balaban J connectivity index is 2.43. The second-order valence-electron chi connectivity index (χ2n) is 4.36. The molecule has 102 valence electrons. The largest absolute Gasteiger partial charge is 0.352 e. The number of nitrogens with two attached hydrogens (primary N) is 1. The number of amides is 4. The first-order valence-corrected chi connectivity index (χ1v) is 6.10. The molecule has 7 nitrogen and oxygen atoms in total. The smallest absolute Gasteiger partial charge is 0.312 e. The molecule has 2 unspecified atom stereocenters. The second-order valence-corrected chi connectivity index (χ2v) is 4.36. The number of imide groups is 1. The third kappa shape index (κ3) is 3.43. The van der Waals surface area contributed by atoms with Gasteiger partial charge in [0.15, 0.2) is 0 Å². The fraction of sp³-hybridized carbons (Fsp3) is 0.727. The molecule has 2 atom stereocenters. The van der Waals surface area contributed by atoms with Crippen molar-refractivity contribution in [2.75, 3.05) is 13.1 Å². The molecule has 0 saturated carbocycles. The van der Waals surface area contributed by atoms with Crippen molar-refractivity contribution in [2.24, 2.45) is 5.73 Å². The van der Waals surface area contributed by atoms with Gasteiger partial charge in [-0.2, -0.15) is 0 Å². The average molecular weight is 256 g/mol. The van der Waals surface area contributed by atoms with Crippen LogP contribution >= 0.6 is 0 Å². The maximum absolute atomic E-state index is 12.0. The summed E-state index contributed by atoms with van der Waals surface area (Å²) in [4.78, 5) is 35.5. The molecule has 1 aliphatic rings. The number of hydrogen-bond donors (Lipinski definition) is 3. The van der Waals surface area contributed by atoms with E-state index in [4.69, 9.17) is 5.73 Å². The summed E-state index contributed by atoms with van der Waals surface area (Å²) in [7, 11) is 0. The predicted molar refractivity (Wildman–Crippen MR) is 65.6 cm³/mol. The summed E-state index contributed by atoms with van der Waals surface area (Å²) in [6, 6.07) is -1.16. The molecule has 1 rings (SSSR count). The van der Waals surface area contributed by atoms with Gasteiger partial charge in [0.05, 0.1) is 12.5 Å². The van der Waals surface area contributed by atoms with E-state index in [1.165, 1.54) is 4.90 Å². The van der Waals surface area contributed by atoms with E-state index < -0.39 is 12.1 Å². The fourth-order valence-corrected chi connectivity index (χ4v) is 1.89. The van der Waals surface area contributed by atoms with Gasteiger partial charge in [-0.05, 0) is 13.3 Å². The molecule has 0 radical (unpaired) electrons. The first kappa shape index (κ1) is 14.4. The SMILES string of the molecule is CCC(C)N1C(=O)CC(NCCNC(N)=O)C1=O. The van der Waals surface area contributed by atoms with Crippen LogP contribution in [0.5, 0.6) is 0 Å². The summed E-state index contributed by atoms with van der Waals surface area (Å²) in [5.41, 5.74) is 4.91. The van der Waals surface area contributed by atoms with E-state index in [0.717, 1.165) is 6.42 Å². The topological polar surface area (TPSA) is 105 Å². The normalized spacial score (nSPS) is 21.2. The third-order valence-corrected chi connectivity index (χ3v) is 3.03. The zero-order valence-corrected chi connectivity index (χ0v) is 10.7. The van der Waals surface area contributed by atoms with Crippen molar-refractivity contribution in [1.29, 1.82) is 0 Å². The highest BCUT2D eigenvalue weighted by Crippen LogP contribution is 2.17. The number of likely N-dealkylation sites (tertiary alicyclic amines) is 1. The van der Waals surface area contributed by atoms with Crippen molar-refractivity contribution >= 4 is 17.8 Å². The highest BCUT2D eigenvalue weighted by atomic mass is 16.2. The fourth-order valence-electron chi connectivity index (χ4n) is 1.89. The van der Waals surface area contributed by atoms with Crippen molar-refractivity contribution in [3.63, 3.8) is 0 Å². The van der Waals surface area contributed by atoms with Gasteiger partial charge in [0.25, 0.3) is 0 Å². The van der Waals surface area contributed by atoms with Crippen LogP contribution in [0.1, 0.15) is 26.7 Å². The third-order valence-electron chi connectivity index (χ3n) is 3.03. The van der Waals surface area contributed by atoms with Crippen molar-refractivity contribution in [3.8, 4) is 0 Å². The van der Waals surface area contributed by atoms with Crippen molar-refractivity contribution in [3.05, 3.63) is 0 Å². The number of rotatable bonds is 6. The van der Waals surface area contributed by atoms with Crippen LogP contribution in [0.15, 0.2) is 0 Å². The monoisotopic (exact) mass is 256 g/mol. The van der Waals surface area contributed by atoms with E-state index in [9.17, 15) is 14.4 Å². The number of hydrogen-bond acceptors (Lipinski definition) is 4. The summed E-state index contributed by atoms with van der Waals surface area (Å²) in [6.45, 7) is 4.52. The first-order valence-electron chi connectivity index (χ1n) is 6.10. The van der Waals surface area contributed by atoms with Gasteiger partial charge in [0, 0.05) is 19.1 Å². The molecule has 1 fully saturated rings. The van der Waals surface area contributed by atoms with E-state index >= 15 is 0 Å². The zero-order valence-electron chi connectivity index (χ0n) is 10.7. The Morgan fingerprint density at radius 3 is 2.72 bits per heavy atom. The molecule has 0 aliphatic carbocycles. The minimum atomic E-state index is -0.605. The second kappa shape index (κ2) is 6.34. The highest BCUT2D eigenvalue weighted by Gasteiger charge is 2.40. The van der Waals surface area contributed by atoms with Crippen molar-refractivity contribution < 1.29 is 14.4 Å². The van der Waals surface area contributed by atoms with Gasteiger partial charge in [-0.15, -0.1) is 0 Å². The van der Waals surface area contributed by atoms with Crippen LogP contribution in [0.4, 0.5) is 4.79 Å². The van der Waals surface area contributed by atoms with Crippen LogP contribution in [-0.4, -0.2) is 47.9 Å². The Labute approximate surface area is 106 Å². The quantitative estimate of drug-likeness (QED) is 0.426.